The second-order valence-electron chi connectivity index (χ2n) is 14.7. The number of aromatic nitrogens is 1. The van der Waals surface area contributed by atoms with Crippen molar-refractivity contribution in [3.63, 3.8) is 0 Å². The number of hydrogen-bond acceptors (Lipinski definition) is 5. The fourth-order valence-electron chi connectivity index (χ4n) is 6.72. The molecule has 6 aromatic rings. The third-order valence-electron chi connectivity index (χ3n) is 9.20. The van der Waals surface area contributed by atoms with Crippen molar-refractivity contribution in [3.05, 3.63) is 146 Å². The zero-order valence-corrected chi connectivity index (χ0v) is 31.4. The summed E-state index contributed by atoms with van der Waals surface area (Å²) in [6.07, 6.45) is 1.91. The van der Waals surface area contributed by atoms with Crippen LogP contribution in [0.25, 0.3) is 22.3 Å². The zero-order valence-electron chi connectivity index (χ0n) is 29.1. The summed E-state index contributed by atoms with van der Waals surface area (Å²) in [5, 5.41) is 0. The quantitative estimate of drug-likeness (QED) is 0.165. The van der Waals surface area contributed by atoms with Crippen LogP contribution < -0.4 is 19.4 Å². The molecule has 0 saturated heterocycles. The molecular weight excluding hydrogens is 796 g/mol. The van der Waals surface area contributed by atoms with Crippen molar-refractivity contribution in [1.29, 1.82) is 0 Å². The molecule has 3 heterocycles. The topological polar surface area (TPSA) is 31.8 Å². The third kappa shape index (κ3) is 5.98. The van der Waals surface area contributed by atoms with Crippen LogP contribution in [0.2, 0.25) is 0 Å². The minimum Gasteiger partial charge on any atom is -0.509 e. The first-order chi connectivity index (χ1) is 23.6. The Balaban J connectivity index is 0.00000392. The predicted molar refractivity (Wildman–Crippen MR) is 201 cm³/mol. The summed E-state index contributed by atoms with van der Waals surface area (Å²) >= 11 is 0. The second-order valence-corrected chi connectivity index (χ2v) is 14.7. The number of hydrogen-bond donors (Lipinski definition) is 0. The van der Waals surface area contributed by atoms with Gasteiger partial charge in [-0.1, -0.05) is 86.6 Å². The second kappa shape index (κ2) is 12.8. The molecule has 0 aliphatic carbocycles. The van der Waals surface area contributed by atoms with Crippen molar-refractivity contribution in [2.24, 2.45) is 0 Å². The smallest absolute Gasteiger partial charge is 0.135 e. The number of rotatable bonds is 4. The Morgan fingerprint density at radius 1 is 0.620 bits per heavy atom. The molecule has 50 heavy (non-hydrogen) atoms. The van der Waals surface area contributed by atoms with Gasteiger partial charge in [-0.3, -0.25) is 0 Å². The Morgan fingerprint density at radius 3 is 1.98 bits per heavy atom. The zero-order chi connectivity index (χ0) is 33.9. The summed E-state index contributed by atoms with van der Waals surface area (Å²) in [5.41, 5.74) is 10.7. The molecule has 254 valence electrons. The summed E-state index contributed by atoms with van der Waals surface area (Å²) in [4.78, 5) is 11.6. The monoisotopic (exact) mass is 834 g/mol. The number of anilines is 6. The number of nitrogens with zero attached hydrogens (tertiary/aromatic N) is 4. The van der Waals surface area contributed by atoms with E-state index in [1.165, 1.54) is 16.8 Å². The molecule has 1 aromatic heterocycles. The minimum absolute atomic E-state index is 0. The molecule has 5 nitrogen and oxygen atoms in total. The SMILES string of the molecule is CC(C)(C)c1ccnc(N2c3[c-]c(Oc4[c-]c(N5[CH-]N(C(C)(C)C)c6ccccc65)ccc4)ccc3-c3ccccc3-c3ccccc32)c1.[Pt]. The van der Waals surface area contributed by atoms with E-state index < -0.39 is 0 Å². The molecule has 0 amide bonds. The summed E-state index contributed by atoms with van der Waals surface area (Å²) in [7, 11) is 0. The van der Waals surface area contributed by atoms with Crippen molar-refractivity contribution in [1.82, 2.24) is 4.98 Å². The van der Waals surface area contributed by atoms with Crippen LogP contribution in [0.1, 0.15) is 47.1 Å². The maximum Gasteiger partial charge on any atom is 0.135 e. The normalized spacial score (nSPS) is 13.4. The van der Waals surface area contributed by atoms with Gasteiger partial charge in [0.25, 0.3) is 0 Å². The fraction of sp³-hybridized carbons (Fsp3) is 0.182. The van der Waals surface area contributed by atoms with Gasteiger partial charge in [-0.05, 0) is 67.6 Å². The van der Waals surface area contributed by atoms with E-state index in [0.29, 0.717) is 11.5 Å². The van der Waals surface area contributed by atoms with Crippen LogP contribution in [0.3, 0.4) is 0 Å². The van der Waals surface area contributed by atoms with Gasteiger partial charge in [0.05, 0.1) is 5.69 Å². The van der Waals surface area contributed by atoms with Gasteiger partial charge < -0.3 is 19.4 Å². The molecule has 0 spiro atoms. The number of benzene rings is 5. The number of pyridine rings is 1. The van der Waals surface area contributed by atoms with E-state index in [4.69, 9.17) is 9.72 Å². The Hall–Kier alpha value is -4.86. The van der Waals surface area contributed by atoms with Crippen LogP contribution in [0.15, 0.2) is 121 Å². The molecule has 0 saturated carbocycles. The summed E-state index contributed by atoms with van der Waals surface area (Å²) < 4.78 is 6.59. The van der Waals surface area contributed by atoms with Crippen molar-refractivity contribution < 1.29 is 25.8 Å². The van der Waals surface area contributed by atoms with Gasteiger partial charge in [0.2, 0.25) is 0 Å². The third-order valence-corrected chi connectivity index (χ3v) is 9.20. The first-order valence-electron chi connectivity index (χ1n) is 16.8. The van der Waals surface area contributed by atoms with Crippen molar-refractivity contribution in [2.45, 2.75) is 52.5 Å². The van der Waals surface area contributed by atoms with Gasteiger partial charge in [0.15, 0.2) is 0 Å². The van der Waals surface area contributed by atoms with Crippen LogP contribution in [-0.4, -0.2) is 10.5 Å². The van der Waals surface area contributed by atoms with E-state index in [1.54, 1.807) is 0 Å². The first kappa shape index (κ1) is 33.6. The van der Waals surface area contributed by atoms with Gasteiger partial charge >= 0.3 is 0 Å². The molecule has 0 unspecified atom stereocenters. The molecule has 0 radical (unpaired) electrons. The van der Waals surface area contributed by atoms with E-state index in [0.717, 1.165) is 45.3 Å². The first-order valence-corrected chi connectivity index (χ1v) is 16.8. The summed E-state index contributed by atoms with van der Waals surface area (Å²) in [6, 6.07) is 47.3. The Morgan fingerprint density at radius 2 is 1.26 bits per heavy atom. The van der Waals surface area contributed by atoms with Crippen LogP contribution in [0, 0.1) is 18.8 Å². The fourth-order valence-corrected chi connectivity index (χ4v) is 6.72. The number of fused-ring (bicyclic) bond motifs is 6. The van der Waals surface area contributed by atoms with Gasteiger partial charge in [0, 0.05) is 61.2 Å². The van der Waals surface area contributed by atoms with Crippen LogP contribution in [-0.2, 0) is 26.5 Å². The van der Waals surface area contributed by atoms with Gasteiger partial charge in [-0.2, -0.15) is 18.8 Å². The average Bonchev–Trinajstić information content (AvgIpc) is 3.44. The Labute approximate surface area is 310 Å². The number of ether oxygens (including phenoxy) is 1. The molecular formula is C44H39N4OPt-3. The molecule has 5 aromatic carbocycles. The number of para-hydroxylation sites is 3. The van der Waals surface area contributed by atoms with Gasteiger partial charge in [0.1, 0.15) is 5.82 Å². The van der Waals surface area contributed by atoms with Gasteiger partial charge in [-0.25, -0.2) is 4.98 Å². The van der Waals surface area contributed by atoms with E-state index >= 15 is 0 Å². The van der Waals surface area contributed by atoms with Gasteiger partial charge in [-0.15, -0.1) is 41.6 Å². The molecule has 0 bridgehead atoms. The standard InChI is InChI=1S/C44H39N4O.Pt/c1-43(2,3)30-24-25-45-42(26-30)48-38-19-10-9-18-36(38)34-16-7-8-17-35(34)37-23-22-33(28-41(37)48)49-32-15-13-14-31(27-32)46-29-47(44(4,5)6)40-21-12-11-20-39(40)46;/h7-26,29H,1-6H3;/q-3;. The molecule has 0 atom stereocenters. The molecule has 2 aliphatic heterocycles. The van der Waals surface area contributed by atoms with E-state index in [9.17, 15) is 0 Å². The molecule has 6 heteroatoms. The van der Waals surface area contributed by atoms with E-state index in [1.807, 2.05) is 24.4 Å². The summed E-state index contributed by atoms with van der Waals surface area (Å²) in [5.74, 6) is 2.05. The van der Waals surface area contributed by atoms with Crippen LogP contribution >= 0.6 is 0 Å². The maximum atomic E-state index is 6.59. The van der Waals surface area contributed by atoms with Crippen LogP contribution in [0.4, 0.5) is 34.3 Å². The molecule has 2 aliphatic rings. The van der Waals surface area contributed by atoms with E-state index in [2.05, 4.69) is 172 Å². The maximum absolute atomic E-state index is 6.59. The Kier molecular flexibility index (Phi) is 8.60. The molecule has 8 rings (SSSR count). The Bertz CT molecular complexity index is 2200. The summed E-state index contributed by atoms with van der Waals surface area (Å²) in [6.45, 7) is 15.5. The average molecular weight is 835 g/mol. The van der Waals surface area contributed by atoms with Crippen molar-refractivity contribution in [2.75, 3.05) is 14.7 Å². The van der Waals surface area contributed by atoms with Crippen molar-refractivity contribution >= 4 is 34.3 Å². The predicted octanol–water partition coefficient (Wildman–Crippen LogP) is 11.8. The molecule has 0 fully saturated rings. The van der Waals surface area contributed by atoms with Crippen molar-refractivity contribution in [3.8, 4) is 33.8 Å². The largest absolute Gasteiger partial charge is 0.509 e. The molecule has 0 N–H and O–H groups in total. The van der Waals surface area contributed by atoms with E-state index in [-0.39, 0.29) is 32.0 Å². The minimum atomic E-state index is -0.0832. The van der Waals surface area contributed by atoms with Crippen LogP contribution in [0.5, 0.6) is 11.5 Å².